The highest BCUT2D eigenvalue weighted by Crippen LogP contribution is 2.29. The van der Waals surface area contributed by atoms with Gasteiger partial charge in [-0.15, -0.1) is 0 Å². The van der Waals surface area contributed by atoms with Gasteiger partial charge in [0.1, 0.15) is 17.5 Å². The lowest BCUT2D eigenvalue weighted by molar-refractivity contribution is 0.542. The van der Waals surface area contributed by atoms with Gasteiger partial charge in [-0.1, -0.05) is 6.07 Å². The Balaban J connectivity index is 2.60. The summed E-state index contributed by atoms with van der Waals surface area (Å²) in [6.45, 7) is 3.34. The Morgan fingerprint density at radius 1 is 0.895 bits per heavy atom. The number of aryl methyl sites for hydroxylation is 2. The van der Waals surface area contributed by atoms with Crippen LogP contribution in [-0.2, 0) is 0 Å². The molecule has 0 aliphatic carbocycles. The zero-order chi connectivity index (χ0) is 14.2. The van der Waals surface area contributed by atoms with Crippen LogP contribution in [0.25, 0.3) is 0 Å². The molecule has 0 aliphatic rings. The first-order valence-corrected chi connectivity index (χ1v) is 5.88. The first-order valence-electron chi connectivity index (χ1n) is 5.88. The van der Waals surface area contributed by atoms with Gasteiger partial charge in [0.05, 0.1) is 6.04 Å². The van der Waals surface area contributed by atoms with Gasteiger partial charge in [-0.3, -0.25) is 0 Å². The molecule has 2 rings (SSSR count). The van der Waals surface area contributed by atoms with Crippen LogP contribution in [0.1, 0.15) is 28.3 Å². The number of hydrogen-bond acceptors (Lipinski definition) is 1. The van der Waals surface area contributed by atoms with Crippen LogP contribution in [0.5, 0.6) is 0 Å². The first kappa shape index (κ1) is 13.6. The van der Waals surface area contributed by atoms with Crippen molar-refractivity contribution < 1.29 is 13.2 Å². The van der Waals surface area contributed by atoms with Crippen molar-refractivity contribution in [2.24, 2.45) is 5.73 Å². The van der Waals surface area contributed by atoms with E-state index >= 15 is 0 Å². The summed E-state index contributed by atoms with van der Waals surface area (Å²) >= 11 is 0. The highest BCUT2D eigenvalue weighted by Gasteiger charge is 2.21. The Hall–Kier alpha value is -1.81. The summed E-state index contributed by atoms with van der Waals surface area (Å²) in [5.74, 6) is -1.79. The molecule has 0 fully saturated rings. The topological polar surface area (TPSA) is 26.0 Å². The Labute approximate surface area is 109 Å². The average molecular weight is 265 g/mol. The predicted molar refractivity (Wildman–Crippen MR) is 68.3 cm³/mol. The number of hydrogen-bond donors (Lipinski definition) is 1. The fourth-order valence-electron chi connectivity index (χ4n) is 2.36. The Bertz CT molecular complexity index is 580. The van der Waals surface area contributed by atoms with Gasteiger partial charge in [0, 0.05) is 5.56 Å². The second-order valence-corrected chi connectivity index (χ2v) is 4.57. The van der Waals surface area contributed by atoms with E-state index in [9.17, 15) is 13.2 Å². The fourth-order valence-corrected chi connectivity index (χ4v) is 2.36. The lowest BCUT2D eigenvalue weighted by atomic mass is 9.91. The van der Waals surface area contributed by atoms with Crippen molar-refractivity contribution in [2.45, 2.75) is 19.9 Å². The molecule has 0 radical (unpaired) electrons. The minimum atomic E-state index is -0.957. The normalized spacial score (nSPS) is 12.5. The van der Waals surface area contributed by atoms with Crippen LogP contribution in [0.4, 0.5) is 13.2 Å². The van der Waals surface area contributed by atoms with Crippen molar-refractivity contribution in [3.05, 3.63) is 70.0 Å². The fraction of sp³-hybridized carbons (Fsp3) is 0.200. The van der Waals surface area contributed by atoms with Gasteiger partial charge in [0.2, 0.25) is 0 Å². The minimum Gasteiger partial charge on any atom is -0.320 e. The molecule has 1 unspecified atom stereocenters. The average Bonchev–Trinajstić information content (AvgIpc) is 2.26. The minimum absolute atomic E-state index is 0.194. The molecule has 19 heavy (non-hydrogen) atoms. The van der Waals surface area contributed by atoms with Crippen LogP contribution >= 0.6 is 0 Å². The molecule has 100 valence electrons. The van der Waals surface area contributed by atoms with Crippen LogP contribution in [0, 0.1) is 31.3 Å². The molecule has 0 spiro atoms. The summed E-state index contributed by atoms with van der Waals surface area (Å²) in [5, 5.41) is 0. The molecule has 2 aromatic rings. The van der Waals surface area contributed by atoms with Crippen LogP contribution in [0.2, 0.25) is 0 Å². The third-order valence-corrected chi connectivity index (χ3v) is 3.18. The second-order valence-electron chi connectivity index (χ2n) is 4.57. The van der Waals surface area contributed by atoms with Gasteiger partial charge in [0.25, 0.3) is 0 Å². The zero-order valence-electron chi connectivity index (χ0n) is 10.7. The van der Waals surface area contributed by atoms with Crippen molar-refractivity contribution in [1.82, 2.24) is 0 Å². The number of halogens is 3. The lowest BCUT2D eigenvalue weighted by Crippen LogP contribution is -2.18. The molecule has 0 aliphatic heterocycles. The molecule has 1 atom stereocenters. The molecule has 1 nitrogen and oxygen atoms in total. The zero-order valence-corrected chi connectivity index (χ0v) is 10.7. The van der Waals surface area contributed by atoms with Crippen LogP contribution < -0.4 is 5.73 Å². The van der Waals surface area contributed by atoms with Crippen LogP contribution in [0.3, 0.4) is 0 Å². The first-order chi connectivity index (χ1) is 8.91. The monoisotopic (exact) mass is 265 g/mol. The van der Waals surface area contributed by atoms with E-state index < -0.39 is 17.7 Å². The highest BCUT2D eigenvalue weighted by molar-refractivity contribution is 5.42. The van der Waals surface area contributed by atoms with Gasteiger partial charge >= 0.3 is 0 Å². The van der Waals surface area contributed by atoms with Gasteiger partial charge in [-0.25, -0.2) is 13.2 Å². The largest absolute Gasteiger partial charge is 0.320 e. The van der Waals surface area contributed by atoms with E-state index in [1.807, 2.05) is 0 Å². The molecule has 0 saturated carbocycles. The summed E-state index contributed by atoms with van der Waals surface area (Å²) in [7, 11) is 0. The number of nitrogens with two attached hydrogens (primary N) is 1. The Morgan fingerprint density at radius 3 is 1.84 bits per heavy atom. The molecule has 0 bridgehead atoms. The summed E-state index contributed by atoms with van der Waals surface area (Å²) in [5.41, 5.74) is 7.47. The maximum atomic E-state index is 13.7. The second kappa shape index (κ2) is 5.05. The van der Waals surface area contributed by atoms with Crippen LogP contribution in [-0.4, -0.2) is 0 Å². The third-order valence-electron chi connectivity index (χ3n) is 3.18. The van der Waals surface area contributed by atoms with Gasteiger partial charge in [-0.2, -0.15) is 0 Å². The maximum Gasteiger partial charge on any atom is 0.131 e. The van der Waals surface area contributed by atoms with Crippen molar-refractivity contribution in [3.8, 4) is 0 Å². The van der Waals surface area contributed by atoms with E-state index in [2.05, 4.69) is 0 Å². The standard InChI is InChI=1S/C15H14F3N/c1-8-6-10(16)7-9(2)13(8)15(19)14-11(17)4-3-5-12(14)18/h3-7,15H,19H2,1-2H3. The third kappa shape index (κ3) is 2.49. The Kier molecular flexibility index (Phi) is 3.62. The summed E-state index contributed by atoms with van der Waals surface area (Å²) < 4.78 is 40.7. The van der Waals surface area contributed by atoms with Crippen LogP contribution in [0.15, 0.2) is 30.3 Å². The lowest BCUT2D eigenvalue weighted by Gasteiger charge is -2.19. The van der Waals surface area contributed by atoms with Gasteiger partial charge in [0.15, 0.2) is 0 Å². The van der Waals surface area contributed by atoms with Crippen molar-refractivity contribution in [1.29, 1.82) is 0 Å². The predicted octanol–water partition coefficient (Wildman–Crippen LogP) is 3.77. The quantitative estimate of drug-likeness (QED) is 0.878. The van der Waals surface area contributed by atoms with E-state index in [0.29, 0.717) is 16.7 Å². The van der Waals surface area contributed by atoms with Crippen molar-refractivity contribution in [2.75, 3.05) is 0 Å². The Morgan fingerprint density at radius 2 is 1.37 bits per heavy atom. The molecule has 0 aromatic heterocycles. The molecule has 2 N–H and O–H groups in total. The molecular formula is C15H14F3N. The smallest absolute Gasteiger partial charge is 0.131 e. The van der Waals surface area contributed by atoms with Gasteiger partial charge in [-0.05, 0) is 54.8 Å². The van der Waals surface area contributed by atoms with E-state index in [-0.39, 0.29) is 11.4 Å². The molecule has 2 aromatic carbocycles. The summed E-state index contributed by atoms with van der Waals surface area (Å²) in [6.07, 6.45) is 0. The number of rotatable bonds is 2. The van der Waals surface area contributed by atoms with E-state index in [1.165, 1.54) is 18.2 Å². The number of benzene rings is 2. The molecular weight excluding hydrogens is 251 g/mol. The SMILES string of the molecule is Cc1cc(F)cc(C)c1C(N)c1c(F)cccc1F. The van der Waals surface area contributed by atoms with E-state index in [4.69, 9.17) is 5.73 Å². The van der Waals surface area contributed by atoms with Gasteiger partial charge < -0.3 is 5.73 Å². The highest BCUT2D eigenvalue weighted by atomic mass is 19.1. The van der Waals surface area contributed by atoms with Crippen molar-refractivity contribution >= 4 is 0 Å². The van der Waals surface area contributed by atoms with E-state index in [1.54, 1.807) is 13.8 Å². The van der Waals surface area contributed by atoms with E-state index in [0.717, 1.165) is 12.1 Å². The maximum absolute atomic E-state index is 13.7. The molecule has 0 amide bonds. The molecule has 0 heterocycles. The molecule has 4 heteroatoms. The molecule has 0 saturated heterocycles. The summed E-state index contributed by atoms with van der Waals surface area (Å²) in [4.78, 5) is 0. The summed E-state index contributed by atoms with van der Waals surface area (Å²) in [6, 6.07) is 5.26. The van der Waals surface area contributed by atoms with Crippen molar-refractivity contribution in [3.63, 3.8) is 0 Å².